The number of aliphatic hydroxyl groups is 2. The van der Waals surface area contributed by atoms with Gasteiger partial charge < -0.3 is 44.2 Å². The van der Waals surface area contributed by atoms with Crippen LogP contribution in [0, 0.1) is 0 Å². The van der Waals surface area contributed by atoms with E-state index in [1.807, 2.05) is 83.9 Å². The lowest BCUT2D eigenvalue weighted by molar-refractivity contribution is -0.698. The molecule has 4 rings (SSSR count). The lowest BCUT2D eigenvalue weighted by Gasteiger charge is -2.07. The molecule has 2 atom stereocenters. The third-order valence-electron chi connectivity index (χ3n) is 6.43. The zero-order chi connectivity index (χ0) is 23.9. The largest absolute Gasteiger partial charge is 1.00 e. The summed E-state index contributed by atoms with van der Waals surface area (Å²) in [7, 11) is 3.97. The molecular weight excluding hydrogens is 584 g/mol. The summed E-state index contributed by atoms with van der Waals surface area (Å²) >= 11 is 0. The summed E-state index contributed by atoms with van der Waals surface area (Å²) in [6.45, 7) is 1.89. The highest BCUT2D eigenvalue weighted by Gasteiger charge is 2.21. The molecule has 0 aliphatic carbocycles. The second-order valence-corrected chi connectivity index (χ2v) is 9.08. The second kappa shape index (κ2) is 14.5. The molecule has 2 N–H and O–H groups in total. The van der Waals surface area contributed by atoms with Gasteiger partial charge >= 0.3 is 0 Å². The minimum Gasteiger partial charge on any atom is -1.00 e. The summed E-state index contributed by atoms with van der Waals surface area (Å²) in [6, 6.07) is 19.6. The van der Waals surface area contributed by atoms with Gasteiger partial charge in [0.05, 0.1) is 27.2 Å². The van der Waals surface area contributed by atoms with Crippen molar-refractivity contribution in [3.8, 4) is 0 Å². The Morgan fingerprint density at radius 1 is 0.611 bits per heavy atom. The molecule has 0 fully saturated rings. The van der Waals surface area contributed by atoms with Crippen molar-refractivity contribution in [2.45, 2.75) is 51.0 Å². The van der Waals surface area contributed by atoms with E-state index in [0.29, 0.717) is 0 Å². The number of unbranched alkanes of at least 4 members (excludes halogenated alkanes) is 3. The lowest BCUT2D eigenvalue weighted by atomic mass is 10.1. The molecule has 4 aromatic rings. The van der Waals surface area contributed by atoms with Crippen LogP contribution >= 0.6 is 0 Å². The summed E-state index contributed by atoms with van der Waals surface area (Å²) in [5.41, 5.74) is 3.63. The fourth-order valence-electron chi connectivity index (χ4n) is 4.49. The van der Waals surface area contributed by atoms with Crippen LogP contribution in [0.15, 0.2) is 85.7 Å². The maximum atomic E-state index is 10.7. The van der Waals surface area contributed by atoms with Gasteiger partial charge in [0.25, 0.3) is 0 Å². The van der Waals surface area contributed by atoms with E-state index in [-0.39, 0.29) is 34.0 Å². The average molecular weight is 620 g/mol. The Balaban J connectivity index is 0.00000228. The maximum absolute atomic E-state index is 10.7. The van der Waals surface area contributed by atoms with E-state index >= 15 is 0 Å². The summed E-state index contributed by atoms with van der Waals surface area (Å²) in [6.07, 6.45) is 11.5. The molecule has 36 heavy (non-hydrogen) atoms. The number of benzene rings is 2. The summed E-state index contributed by atoms with van der Waals surface area (Å²) < 4.78 is 8.35. The smallest absolute Gasteiger partial charge is 0.243 e. The van der Waals surface area contributed by atoms with Crippen molar-refractivity contribution in [3.05, 3.63) is 108 Å². The molecule has 0 bridgehead atoms. The molecule has 0 radical (unpaired) electrons. The number of aryl methyl sites for hydroxylation is 4. The highest BCUT2D eigenvalue weighted by Crippen LogP contribution is 2.21. The van der Waals surface area contributed by atoms with Crippen LogP contribution in [-0.4, -0.2) is 19.3 Å². The van der Waals surface area contributed by atoms with Gasteiger partial charge in [0.2, 0.25) is 12.7 Å². The van der Waals surface area contributed by atoms with Gasteiger partial charge in [-0.3, -0.25) is 0 Å². The zero-order valence-electron chi connectivity index (χ0n) is 20.9. The Morgan fingerprint density at radius 3 is 1.33 bits per heavy atom. The Kier molecular flexibility index (Phi) is 12.0. The molecule has 194 valence electrons. The summed E-state index contributed by atoms with van der Waals surface area (Å²) in [5.74, 6) is 0. The first-order chi connectivity index (χ1) is 16.5. The molecule has 2 aromatic carbocycles. The molecule has 0 aliphatic heterocycles. The lowest BCUT2D eigenvalue weighted by Crippen LogP contribution is -3.00. The van der Waals surface area contributed by atoms with Gasteiger partial charge in [0, 0.05) is 0 Å². The number of nitrogens with zero attached hydrogens (tertiary/aromatic N) is 4. The number of hydrogen-bond acceptors (Lipinski definition) is 2. The minimum absolute atomic E-state index is 0. The molecule has 0 spiro atoms. The molecule has 2 heterocycles. The number of halogens is 2. The van der Waals surface area contributed by atoms with Crippen molar-refractivity contribution in [1.82, 2.24) is 9.13 Å². The monoisotopic (exact) mass is 618 g/mol. The Morgan fingerprint density at radius 2 is 0.972 bits per heavy atom. The van der Waals surface area contributed by atoms with Gasteiger partial charge in [0.1, 0.15) is 24.6 Å². The molecule has 2 unspecified atom stereocenters. The molecule has 0 saturated carbocycles. The van der Waals surface area contributed by atoms with Crippen LogP contribution in [0.5, 0.6) is 0 Å². The van der Waals surface area contributed by atoms with Crippen LogP contribution < -0.4 is 43.1 Å². The van der Waals surface area contributed by atoms with Crippen LogP contribution in [0.25, 0.3) is 0 Å². The molecule has 0 aliphatic rings. The van der Waals surface area contributed by atoms with Gasteiger partial charge in [0.15, 0.2) is 11.4 Å². The second-order valence-electron chi connectivity index (χ2n) is 9.08. The summed E-state index contributed by atoms with van der Waals surface area (Å²) in [4.78, 5) is 0. The third kappa shape index (κ3) is 7.62. The quantitative estimate of drug-likeness (QED) is 0.143. The van der Waals surface area contributed by atoms with E-state index < -0.39 is 12.2 Å². The van der Waals surface area contributed by atoms with Crippen molar-refractivity contribution >= 4 is 0 Å². The molecular formula is C28H36Br2N4O2. The van der Waals surface area contributed by atoms with Crippen molar-refractivity contribution in [3.63, 3.8) is 0 Å². The van der Waals surface area contributed by atoms with E-state index in [0.717, 1.165) is 61.3 Å². The van der Waals surface area contributed by atoms with Gasteiger partial charge in [-0.2, -0.15) is 0 Å². The Labute approximate surface area is 235 Å². The van der Waals surface area contributed by atoms with E-state index in [4.69, 9.17) is 0 Å². The first kappa shape index (κ1) is 30.0. The van der Waals surface area contributed by atoms with Crippen molar-refractivity contribution in [2.24, 2.45) is 14.1 Å². The van der Waals surface area contributed by atoms with Gasteiger partial charge in [-0.15, -0.1) is 0 Å². The minimum atomic E-state index is -0.611. The average Bonchev–Trinajstić information content (AvgIpc) is 3.43. The highest BCUT2D eigenvalue weighted by molar-refractivity contribution is 5.24. The highest BCUT2D eigenvalue weighted by atomic mass is 79.9. The van der Waals surface area contributed by atoms with Gasteiger partial charge in [-0.05, 0) is 36.8 Å². The Bertz CT molecular complexity index is 1090. The zero-order valence-corrected chi connectivity index (χ0v) is 24.1. The number of hydrogen-bond donors (Lipinski definition) is 2. The molecule has 6 nitrogen and oxygen atoms in total. The van der Waals surface area contributed by atoms with Gasteiger partial charge in [-0.25, -0.2) is 18.3 Å². The number of aliphatic hydroxyl groups excluding tert-OH is 2. The molecule has 0 saturated heterocycles. The van der Waals surface area contributed by atoms with E-state index in [1.165, 1.54) is 0 Å². The summed E-state index contributed by atoms with van der Waals surface area (Å²) in [5, 5.41) is 21.4. The van der Waals surface area contributed by atoms with Crippen LogP contribution in [0.4, 0.5) is 0 Å². The van der Waals surface area contributed by atoms with E-state index in [2.05, 4.69) is 34.2 Å². The topological polar surface area (TPSA) is 58.1 Å². The predicted molar refractivity (Wildman–Crippen MR) is 131 cm³/mol. The van der Waals surface area contributed by atoms with Crippen molar-refractivity contribution < 1.29 is 53.3 Å². The van der Waals surface area contributed by atoms with Crippen LogP contribution in [0.2, 0.25) is 0 Å². The predicted octanol–water partition coefficient (Wildman–Crippen LogP) is -2.63. The number of aromatic nitrogens is 4. The number of rotatable bonds is 11. The fourth-order valence-corrected chi connectivity index (χ4v) is 4.49. The van der Waals surface area contributed by atoms with Crippen LogP contribution in [0.1, 0.15) is 60.4 Å². The third-order valence-corrected chi connectivity index (χ3v) is 6.43. The van der Waals surface area contributed by atoms with Gasteiger partial charge in [-0.1, -0.05) is 60.7 Å². The SMILES string of the molecule is Cn1c[n+](CCCCCC[n+]2cc(C(O)c3ccccc3)n(C)c2)cc1C(O)c1ccccc1.[Br-].[Br-]. The van der Waals surface area contributed by atoms with Crippen LogP contribution in [-0.2, 0) is 27.2 Å². The van der Waals surface area contributed by atoms with E-state index in [1.54, 1.807) is 0 Å². The standard InChI is InChI=1S/C28H36N4O2.2BrH/c1-29-21-31(19-25(29)27(33)23-13-7-5-8-14-23)17-11-3-4-12-18-32-20-26(30(2)22-32)28(34)24-15-9-6-10-16-24;;/h5-10,13-16,19-22,27-28,33-34H,3-4,11-12,17-18H2,1-2H3;2*1H/q+2;;/p-2. The Hall–Kier alpha value is -2.26. The maximum Gasteiger partial charge on any atom is 0.243 e. The molecule has 2 aromatic heterocycles. The van der Waals surface area contributed by atoms with Crippen molar-refractivity contribution in [2.75, 3.05) is 0 Å². The molecule has 8 heteroatoms. The first-order valence-corrected chi connectivity index (χ1v) is 12.1. The first-order valence-electron chi connectivity index (χ1n) is 12.1. The fraction of sp³-hybridized carbons (Fsp3) is 0.357. The van der Waals surface area contributed by atoms with Crippen molar-refractivity contribution in [1.29, 1.82) is 0 Å². The number of imidazole rings is 2. The molecule has 0 amide bonds. The van der Waals surface area contributed by atoms with Crippen LogP contribution in [0.3, 0.4) is 0 Å². The van der Waals surface area contributed by atoms with E-state index in [9.17, 15) is 10.2 Å². The normalized spacial score (nSPS) is 12.4.